The highest BCUT2D eigenvalue weighted by Crippen LogP contribution is 2.00. The number of nitrogens with zero attached hydrogens (tertiary/aromatic N) is 1. The van der Waals surface area contributed by atoms with Crippen LogP contribution in [0, 0.1) is 0 Å². The summed E-state index contributed by atoms with van der Waals surface area (Å²) in [6, 6.07) is 0. The van der Waals surface area contributed by atoms with Crippen LogP contribution in [0.3, 0.4) is 0 Å². The molecule has 0 fully saturated rings. The molecule has 1 atom stereocenters. The van der Waals surface area contributed by atoms with E-state index in [0.29, 0.717) is 6.54 Å². The molecule has 0 saturated heterocycles. The monoisotopic (exact) mass is 173 g/mol. The second kappa shape index (κ2) is 4.42. The highest BCUT2D eigenvalue weighted by molar-refractivity contribution is 5.84. The second-order valence-electron chi connectivity index (χ2n) is 3.52. The summed E-state index contributed by atoms with van der Waals surface area (Å²) >= 11 is 0. The zero-order valence-electron chi connectivity index (χ0n) is 8.13. The van der Waals surface area contributed by atoms with Crippen LogP contribution in [-0.4, -0.2) is 36.5 Å². The van der Waals surface area contributed by atoms with Crippen molar-refractivity contribution in [3.63, 3.8) is 0 Å². The van der Waals surface area contributed by atoms with E-state index in [0.717, 1.165) is 13.0 Å². The van der Waals surface area contributed by atoms with Crippen LogP contribution in [0.5, 0.6) is 0 Å². The Morgan fingerprint density at radius 1 is 1.58 bits per heavy atom. The lowest BCUT2D eigenvalue weighted by molar-refractivity contribution is -0.123. The van der Waals surface area contributed by atoms with E-state index >= 15 is 0 Å². The number of carbonyl (C=O) groups excluding carboxylic acids is 1. The molecule has 0 aliphatic rings. The van der Waals surface area contributed by atoms with Gasteiger partial charge in [-0.15, -0.1) is 0 Å². The number of hydrogen-bond donors (Lipinski definition) is 2. The van der Waals surface area contributed by atoms with Gasteiger partial charge in [-0.2, -0.15) is 0 Å². The molecule has 0 aliphatic carbocycles. The Hall–Kier alpha value is -0.610. The molecule has 4 heteroatoms. The van der Waals surface area contributed by atoms with Crippen molar-refractivity contribution in [1.82, 2.24) is 4.90 Å². The van der Waals surface area contributed by atoms with Gasteiger partial charge < -0.3 is 16.4 Å². The average Bonchev–Trinajstić information content (AvgIpc) is 1.85. The molecule has 0 aliphatic heterocycles. The van der Waals surface area contributed by atoms with E-state index in [-0.39, 0.29) is 0 Å². The summed E-state index contributed by atoms with van der Waals surface area (Å²) in [5, 5.41) is 0. The first kappa shape index (κ1) is 11.4. The van der Waals surface area contributed by atoms with Gasteiger partial charge in [0.05, 0.1) is 0 Å². The van der Waals surface area contributed by atoms with Crippen molar-refractivity contribution in [3.05, 3.63) is 0 Å². The van der Waals surface area contributed by atoms with Gasteiger partial charge in [-0.05, 0) is 26.9 Å². The van der Waals surface area contributed by atoms with Crippen LogP contribution >= 0.6 is 0 Å². The molecule has 4 nitrogen and oxygen atoms in total. The van der Waals surface area contributed by atoms with Gasteiger partial charge in [0.2, 0.25) is 5.91 Å². The number of rotatable bonds is 5. The van der Waals surface area contributed by atoms with Crippen molar-refractivity contribution in [1.29, 1.82) is 0 Å². The van der Waals surface area contributed by atoms with E-state index in [4.69, 9.17) is 11.5 Å². The Labute approximate surface area is 73.9 Å². The van der Waals surface area contributed by atoms with Crippen molar-refractivity contribution in [2.24, 2.45) is 11.5 Å². The van der Waals surface area contributed by atoms with Crippen LogP contribution < -0.4 is 11.5 Å². The molecule has 0 aromatic carbocycles. The molecular weight excluding hydrogens is 154 g/mol. The highest BCUT2D eigenvalue weighted by Gasteiger charge is 2.26. The molecule has 0 aromatic rings. The number of likely N-dealkylation sites (N-methyl/N-ethyl adjacent to an activating group) is 1. The predicted octanol–water partition coefficient (Wildman–Crippen LogP) is -0.469. The molecule has 0 rings (SSSR count). The van der Waals surface area contributed by atoms with Gasteiger partial charge in [-0.1, -0.05) is 6.92 Å². The third kappa shape index (κ3) is 3.69. The third-order valence-corrected chi connectivity index (χ3v) is 1.77. The standard InChI is InChI=1S/C8H19N3O/c1-4-5-11(3)6-8(2,10)7(9)12/h4-6,10H2,1-3H3,(H2,9,12). The van der Waals surface area contributed by atoms with Crippen LogP contribution in [0.15, 0.2) is 0 Å². The molecule has 0 aromatic heterocycles. The Morgan fingerprint density at radius 3 is 2.42 bits per heavy atom. The molecule has 72 valence electrons. The fourth-order valence-electron chi connectivity index (χ4n) is 1.10. The SMILES string of the molecule is CCCN(C)CC(C)(N)C(N)=O. The maximum atomic E-state index is 10.8. The smallest absolute Gasteiger partial charge is 0.238 e. The lowest BCUT2D eigenvalue weighted by Crippen LogP contribution is -2.56. The summed E-state index contributed by atoms with van der Waals surface area (Å²) in [7, 11) is 1.93. The van der Waals surface area contributed by atoms with Gasteiger partial charge in [0.1, 0.15) is 5.54 Å². The first-order valence-electron chi connectivity index (χ1n) is 4.17. The van der Waals surface area contributed by atoms with Gasteiger partial charge >= 0.3 is 0 Å². The van der Waals surface area contributed by atoms with E-state index in [2.05, 4.69) is 6.92 Å². The first-order valence-corrected chi connectivity index (χ1v) is 4.17. The normalized spacial score (nSPS) is 16.1. The largest absolute Gasteiger partial charge is 0.368 e. The van der Waals surface area contributed by atoms with Gasteiger partial charge in [0.15, 0.2) is 0 Å². The summed E-state index contributed by atoms with van der Waals surface area (Å²) in [4.78, 5) is 12.8. The van der Waals surface area contributed by atoms with E-state index < -0.39 is 11.4 Å². The Kier molecular flexibility index (Phi) is 4.20. The summed E-state index contributed by atoms with van der Waals surface area (Å²) in [6.45, 7) is 5.17. The van der Waals surface area contributed by atoms with Crippen molar-refractivity contribution in [3.8, 4) is 0 Å². The lowest BCUT2D eigenvalue weighted by atomic mass is 10.0. The molecule has 0 bridgehead atoms. The van der Waals surface area contributed by atoms with Crippen LogP contribution in [0.1, 0.15) is 20.3 Å². The van der Waals surface area contributed by atoms with E-state index in [1.165, 1.54) is 0 Å². The maximum Gasteiger partial charge on any atom is 0.238 e. The van der Waals surface area contributed by atoms with Gasteiger partial charge in [0, 0.05) is 6.54 Å². The maximum absolute atomic E-state index is 10.8. The molecule has 0 heterocycles. The molecular formula is C8H19N3O. The van der Waals surface area contributed by atoms with Gasteiger partial charge in [0.25, 0.3) is 0 Å². The number of carbonyl (C=O) groups is 1. The Bertz CT molecular complexity index is 156. The minimum Gasteiger partial charge on any atom is -0.368 e. The summed E-state index contributed by atoms with van der Waals surface area (Å²) < 4.78 is 0. The summed E-state index contributed by atoms with van der Waals surface area (Å²) in [6.07, 6.45) is 1.05. The molecule has 0 spiro atoms. The molecule has 0 radical (unpaired) electrons. The van der Waals surface area contributed by atoms with Crippen molar-refractivity contribution in [2.45, 2.75) is 25.8 Å². The van der Waals surface area contributed by atoms with Crippen molar-refractivity contribution >= 4 is 5.91 Å². The number of nitrogens with two attached hydrogens (primary N) is 2. The Balaban J connectivity index is 3.96. The number of hydrogen-bond acceptors (Lipinski definition) is 3. The fourth-order valence-corrected chi connectivity index (χ4v) is 1.10. The first-order chi connectivity index (χ1) is 5.40. The van der Waals surface area contributed by atoms with E-state index in [1.807, 2.05) is 11.9 Å². The van der Waals surface area contributed by atoms with Crippen molar-refractivity contribution < 1.29 is 4.79 Å². The fraction of sp³-hybridized carbons (Fsp3) is 0.875. The van der Waals surface area contributed by atoms with Crippen molar-refractivity contribution in [2.75, 3.05) is 20.1 Å². The predicted molar refractivity (Wildman–Crippen MR) is 49.6 cm³/mol. The van der Waals surface area contributed by atoms with Crippen LogP contribution in [0.4, 0.5) is 0 Å². The zero-order chi connectivity index (χ0) is 9.78. The summed E-state index contributed by atoms with van der Waals surface area (Å²) in [5.41, 5.74) is 9.89. The zero-order valence-corrected chi connectivity index (χ0v) is 8.13. The Morgan fingerprint density at radius 2 is 2.08 bits per heavy atom. The van der Waals surface area contributed by atoms with E-state index in [1.54, 1.807) is 6.92 Å². The number of primary amides is 1. The quantitative estimate of drug-likeness (QED) is 0.590. The highest BCUT2D eigenvalue weighted by atomic mass is 16.1. The molecule has 12 heavy (non-hydrogen) atoms. The molecule has 1 unspecified atom stereocenters. The van der Waals surface area contributed by atoms with Crippen LogP contribution in [0.25, 0.3) is 0 Å². The second-order valence-corrected chi connectivity index (χ2v) is 3.52. The van der Waals surface area contributed by atoms with Crippen LogP contribution in [0.2, 0.25) is 0 Å². The van der Waals surface area contributed by atoms with Gasteiger partial charge in [-0.3, -0.25) is 4.79 Å². The molecule has 1 amide bonds. The average molecular weight is 173 g/mol. The van der Waals surface area contributed by atoms with E-state index in [9.17, 15) is 4.79 Å². The molecule has 4 N–H and O–H groups in total. The topological polar surface area (TPSA) is 72.3 Å². The minimum absolute atomic E-state index is 0.453. The summed E-state index contributed by atoms with van der Waals surface area (Å²) in [5.74, 6) is -0.453. The number of amides is 1. The third-order valence-electron chi connectivity index (χ3n) is 1.77. The lowest BCUT2D eigenvalue weighted by Gasteiger charge is -2.26. The minimum atomic E-state index is -0.913. The molecule has 0 saturated carbocycles. The van der Waals surface area contributed by atoms with Gasteiger partial charge in [-0.25, -0.2) is 0 Å². The van der Waals surface area contributed by atoms with Crippen LogP contribution in [-0.2, 0) is 4.79 Å².